The van der Waals surface area contributed by atoms with Gasteiger partial charge in [0.15, 0.2) is 5.75 Å². The first-order chi connectivity index (χ1) is 14.4. The van der Waals surface area contributed by atoms with E-state index in [9.17, 15) is 15.2 Å². The van der Waals surface area contributed by atoms with Crippen molar-refractivity contribution in [1.82, 2.24) is 0 Å². The summed E-state index contributed by atoms with van der Waals surface area (Å²) in [5.74, 6) is -0.100. The third-order valence-corrected chi connectivity index (χ3v) is 5.91. The number of aromatic hydroxyl groups is 1. The van der Waals surface area contributed by atoms with Gasteiger partial charge in [-0.1, -0.05) is 41.1 Å². The van der Waals surface area contributed by atoms with Crippen molar-refractivity contribution in [3.05, 3.63) is 86.4 Å². The summed E-state index contributed by atoms with van der Waals surface area (Å²) in [4.78, 5) is 12.7. The highest BCUT2D eigenvalue weighted by Gasteiger charge is 2.14. The number of phenols is 1. The van der Waals surface area contributed by atoms with E-state index in [0.29, 0.717) is 12.1 Å². The Bertz CT molecular complexity index is 1060. The number of aliphatic hydroxyl groups is 1. The lowest BCUT2D eigenvalue weighted by atomic mass is 10.1. The number of aliphatic hydroxyl groups excluding tert-OH is 1. The second-order valence-corrected chi connectivity index (χ2v) is 8.29. The molecule has 3 rings (SSSR count). The van der Waals surface area contributed by atoms with Crippen LogP contribution in [-0.2, 0) is 13.0 Å². The van der Waals surface area contributed by atoms with Gasteiger partial charge in [-0.3, -0.25) is 10.1 Å². The number of nitro groups is 1. The number of hydrogen-bond donors (Lipinski definition) is 3. The second kappa shape index (κ2) is 9.84. The van der Waals surface area contributed by atoms with Gasteiger partial charge >= 0.3 is 0 Å². The van der Waals surface area contributed by atoms with Crippen molar-refractivity contribution in [2.24, 2.45) is 0 Å². The van der Waals surface area contributed by atoms with Gasteiger partial charge in [0.2, 0.25) is 0 Å². The van der Waals surface area contributed by atoms with E-state index < -0.39 is 4.92 Å². The SMILES string of the molecule is Cc1ccc(Sc2ccc([N+](=O)[O-])cc2CNc2cc(CCO)cc(Cl)c2O)cc1. The summed E-state index contributed by atoms with van der Waals surface area (Å²) >= 11 is 7.60. The summed E-state index contributed by atoms with van der Waals surface area (Å²) < 4.78 is 0. The van der Waals surface area contributed by atoms with Gasteiger partial charge < -0.3 is 15.5 Å². The van der Waals surface area contributed by atoms with Crippen molar-refractivity contribution in [3.8, 4) is 5.75 Å². The predicted octanol–water partition coefficient (Wildman–Crippen LogP) is 5.56. The fraction of sp³-hybridized carbons (Fsp3) is 0.182. The van der Waals surface area contributed by atoms with E-state index in [2.05, 4.69) is 5.32 Å². The molecule has 3 N–H and O–H groups in total. The maximum absolute atomic E-state index is 11.2. The van der Waals surface area contributed by atoms with Crippen LogP contribution in [0.3, 0.4) is 0 Å². The summed E-state index contributed by atoms with van der Waals surface area (Å²) in [5.41, 5.74) is 3.05. The molecule has 0 saturated heterocycles. The molecule has 3 aromatic rings. The number of aryl methyl sites for hydroxylation is 1. The van der Waals surface area contributed by atoms with Crippen LogP contribution < -0.4 is 5.32 Å². The van der Waals surface area contributed by atoms with Crippen molar-refractivity contribution in [2.45, 2.75) is 29.7 Å². The molecule has 0 aliphatic carbocycles. The van der Waals surface area contributed by atoms with Crippen molar-refractivity contribution in [3.63, 3.8) is 0 Å². The molecule has 0 atom stereocenters. The molecule has 8 heteroatoms. The Morgan fingerprint density at radius 2 is 1.87 bits per heavy atom. The van der Waals surface area contributed by atoms with Gasteiger partial charge in [0.1, 0.15) is 0 Å². The van der Waals surface area contributed by atoms with Crippen LogP contribution in [0.25, 0.3) is 0 Å². The zero-order valence-corrected chi connectivity index (χ0v) is 17.8. The Hall–Kier alpha value is -2.74. The molecule has 0 radical (unpaired) electrons. The molecule has 0 aliphatic heterocycles. The zero-order chi connectivity index (χ0) is 21.7. The van der Waals surface area contributed by atoms with Crippen LogP contribution in [0.2, 0.25) is 5.02 Å². The first-order valence-electron chi connectivity index (χ1n) is 9.25. The molecule has 0 fully saturated rings. The summed E-state index contributed by atoms with van der Waals surface area (Å²) in [6.07, 6.45) is 0.403. The third-order valence-electron chi connectivity index (χ3n) is 4.50. The van der Waals surface area contributed by atoms with Gasteiger partial charge in [-0.2, -0.15) is 0 Å². The second-order valence-electron chi connectivity index (χ2n) is 6.77. The molecule has 0 unspecified atom stereocenters. The number of nitro benzene ring substituents is 1. The molecule has 30 heavy (non-hydrogen) atoms. The molecule has 0 bridgehead atoms. The van der Waals surface area contributed by atoms with Crippen LogP contribution in [0, 0.1) is 17.0 Å². The van der Waals surface area contributed by atoms with Gasteiger partial charge in [0.25, 0.3) is 5.69 Å². The Balaban J connectivity index is 1.89. The Labute approximate surface area is 183 Å². The standard InChI is InChI=1S/C22H21ClN2O4S/c1-14-2-5-18(6-3-14)30-21-7-4-17(25(28)29)12-16(21)13-24-20-11-15(8-9-26)10-19(23)22(20)27/h2-7,10-12,24,26-27H,8-9,13H2,1H3. The molecule has 0 heterocycles. The van der Waals surface area contributed by atoms with Crippen LogP contribution in [0.1, 0.15) is 16.7 Å². The lowest BCUT2D eigenvalue weighted by molar-refractivity contribution is -0.385. The number of anilines is 1. The number of nitrogens with one attached hydrogen (secondary N) is 1. The van der Waals surface area contributed by atoms with Gasteiger partial charge in [-0.15, -0.1) is 0 Å². The fourth-order valence-corrected chi connectivity index (χ4v) is 4.07. The van der Waals surface area contributed by atoms with Crippen LogP contribution in [0.4, 0.5) is 11.4 Å². The summed E-state index contributed by atoms with van der Waals surface area (Å²) in [6, 6.07) is 16.1. The smallest absolute Gasteiger partial charge is 0.269 e. The lowest BCUT2D eigenvalue weighted by Gasteiger charge is -2.14. The molecular weight excluding hydrogens is 424 g/mol. The molecule has 6 nitrogen and oxygen atoms in total. The summed E-state index contributed by atoms with van der Waals surface area (Å²) in [7, 11) is 0. The highest BCUT2D eigenvalue weighted by atomic mass is 35.5. The molecule has 0 spiro atoms. The monoisotopic (exact) mass is 444 g/mol. The van der Waals surface area contributed by atoms with E-state index in [0.717, 1.165) is 26.5 Å². The Morgan fingerprint density at radius 3 is 2.53 bits per heavy atom. The van der Waals surface area contributed by atoms with Gasteiger partial charge in [-0.05, 0) is 54.8 Å². The van der Waals surface area contributed by atoms with E-state index in [-0.39, 0.29) is 29.6 Å². The minimum atomic E-state index is -0.431. The molecule has 156 valence electrons. The first kappa shape index (κ1) is 22.0. The average Bonchev–Trinajstić information content (AvgIpc) is 2.72. The van der Waals surface area contributed by atoms with E-state index in [4.69, 9.17) is 16.7 Å². The number of rotatable bonds is 8. The molecule has 3 aromatic carbocycles. The Kier molecular flexibility index (Phi) is 7.20. The van der Waals surface area contributed by atoms with E-state index in [1.54, 1.807) is 18.2 Å². The van der Waals surface area contributed by atoms with Crippen LogP contribution >= 0.6 is 23.4 Å². The highest BCUT2D eigenvalue weighted by molar-refractivity contribution is 7.99. The Morgan fingerprint density at radius 1 is 1.13 bits per heavy atom. The number of non-ortho nitro benzene ring substituents is 1. The summed E-state index contributed by atoms with van der Waals surface area (Å²) in [5, 5.41) is 34.0. The number of nitrogens with zero attached hydrogens (tertiary/aromatic N) is 1. The van der Waals surface area contributed by atoms with Crippen molar-refractivity contribution >= 4 is 34.7 Å². The van der Waals surface area contributed by atoms with Gasteiger partial charge in [0.05, 0.1) is 15.6 Å². The molecule has 0 aliphatic rings. The fourth-order valence-electron chi connectivity index (χ4n) is 2.90. The maximum Gasteiger partial charge on any atom is 0.269 e. The zero-order valence-electron chi connectivity index (χ0n) is 16.3. The number of benzene rings is 3. The first-order valence-corrected chi connectivity index (χ1v) is 10.4. The minimum Gasteiger partial charge on any atom is -0.504 e. The quantitative estimate of drug-likeness (QED) is 0.239. The molecule has 0 aromatic heterocycles. The topological polar surface area (TPSA) is 95.6 Å². The van der Waals surface area contributed by atoms with Crippen LogP contribution in [0.5, 0.6) is 5.75 Å². The normalized spacial score (nSPS) is 10.8. The van der Waals surface area contributed by atoms with E-state index in [1.165, 1.54) is 23.9 Å². The number of halogens is 1. The van der Waals surface area contributed by atoms with Gasteiger partial charge in [-0.25, -0.2) is 0 Å². The van der Waals surface area contributed by atoms with E-state index >= 15 is 0 Å². The van der Waals surface area contributed by atoms with Crippen molar-refractivity contribution in [1.29, 1.82) is 0 Å². The summed E-state index contributed by atoms with van der Waals surface area (Å²) in [6.45, 7) is 2.23. The predicted molar refractivity (Wildman–Crippen MR) is 120 cm³/mol. The third kappa shape index (κ3) is 5.44. The largest absolute Gasteiger partial charge is 0.504 e. The van der Waals surface area contributed by atoms with Crippen molar-refractivity contribution < 1.29 is 15.1 Å². The van der Waals surface area contributed by atoms with E-state index in [1.807, 2.05) is 31.2 Å². The molecular formula is C22H21ClN2O4S. The average molecular weight is 445 g/mol. The maximum atomic E-state index is 11.2. The van der Waals surface area contributed by atoms with Crippen molar-refractivity contribution in [2.75, 3.05) is 11.9 Å². The minimum absolute atomic E-state index is 0.00339. The van der Waals surface area contributed by atoms with Gasteiger partial charge in [0, 0.05) is 35.1 Å². The van der Waals surface area contributed by atoms with Crippen LogP contribution in [0.15, 0.2) is 64.4 Å². The number of phenolic OH excluding ortho intramolecular Hbond substituents is 1. The number of hydrogen-bond acceptors (Lipinski definition) is 6. The van der Waals surface area contributed by atoms with Crippen LogP contribution in [-0.4, -0.2) is 21.7 Å². The molecule has 0 saturated carbocycles. The lowest BCUT2D eigenvalue weighted by Crippen LogP contribution is -2.03. The highest BCUT2D eigenvalue weighted by Crippen LogP contribution is 2.36. The molecule has 0 amide bonds.